The molecule has 8 heteroatoms. The van der Waals surface area contributed by atoms with Gasteiger partial charge in [0.2, 0.25) is 0 Å². The number of amides is 1. The molecule has 117 valence electrons. The van der Waals surface area contributed by atoms with Crippen LogP contribution in [0.2, 0.25) is 5.15 Å². The smallest absolute Gasteiger partial charge is 0.272 e. The Hall–Kier alpha value is -1.99. The summed E-state index contributed by atoms with van der Waals surface area (Å²) < 4.78 is 1.76. The lowest BCUT2D eigenvalue weighted by Gasteiger charge is -2.26. The zero-order chi connectivity index (χ0) is 15.8. The Labute approximate surface area is 141 Å². The number of fused-ring (bicyclic) bond motifs is 1. The minimum atomic E-state index is -0.0989. The van der Waals surface area contributed by atoms with Crippen molar-refractivity contribution in [3.05, 3.63) is 41.1 Å². The summed E-state index contributed by atoms with van der Waals surface area (Å²) in [5, 5.41) is 6.45. The van der Waals surface area contributed by atoms with Crippen molar-refractivity contribution in [2.75, 3.05) is 13.1 Å². The molecule has 0 spiro atoms. The Morgan fingerprint density at radius 1 is 1.26 bits per heavy atom. The maximum absolute atomic E-state index is 12.6. The number of rotatable bonds is 2. The first-order valence-electron chi connectivity index (χ1n) is 7.29. The molecule has 23 heavy (non-hydrogen) atoms. The molecule has 1 fully saturated rings. The van der Waals surface area contributed by atoms with Crippen molar-refractivity contribution in [1.29, 1.82) is 0 Å². The fourth-order valence-electron chi connectivity index (χ4n) is 2.64. The lowest BCUT2D eigenvalue weighted by Crippen LogP contribution is -2.36. The summed E-state index contributed by atoms with van der Waals surface area (Å²) in [6.45, 7) is 1.44. The summed E-state index contributed by atoms with van der Waals surface area (Å²) in [5.74, 6) is 0.333. The second-order valence-electron chi connectivity index (χ2n) is 5.27. The van der Waals surface area contributed by atoms with E-state index < -0.39 is 0 Å². The molecule has 3 aromatic heterocycles. The van der Waals surface area contributed by atoms with Gasteiger partial charge in [0.15, 0.2) is 5.82 Å². The van der Waals surface area contributed by atoms with Gasteiger partial charge < -0.3 is 4.90 Å². The Morgan fingerprint density at radius 3 is 2.91 bits per heavy atom. The molecule has 1 aliphatic heterocycles. The third kappa shape index (κ3) is 2.70. The summed E-state index contributed by atoms with van der Waals surface area (Å²) in [5.41, 5.74) is 1.11. The van der Waals surface area contributed by atoms with Crippen LogP contribution < -0.4 is 0 Å². The van der Waals surface area contributed by atoms with Gasteiger partial charge in [-0.2, -0.15) is 5.10 Å². The van der Waals surface area contributed by atoms with Crippen LogP contribution in [0.4, 0.5) is 0 Å². The molecule has 1 saturated heterocycles. The van der Waals surface area contributed by atoms with Crippen LogP contribution in [0.3, 0.4) is 0 Å². The molecule has 3 aromatic rings. The van der Waals surface area contributed by atoms with E-state index in [-0.39, 0.29) is 11.1 Å². The van der Waals surface area contributed by atoms with Crippen LogP contribution in [0.5, 0.6) is 0 Å². The number of likely N-dealkylation sites (tertiary alicyclic amines) is 1. The zero-order valence-corrected chi connectivity index (χ0v) is 13.7. The second-order valence-corrected chi connectivity index (χ2v) is 6.55. The average molecular weight is 347 g/mol. The fraction of sp³-hybridized carbons (Fsp3) is 0.267. The summed E-state index contributed by atoms with van der Waals surface area (Å²) >= 11 is 7.66. The molecule has 0 N–H and O–H groups in total. The number of halogens is 1. The standard InChI is InChI=1S/C15H13ClN5OS/c16-12-8-11(14(22)20-4-2-1-3-5-20)18-13(19-12)10-9-17-21-6-7-23-15(10)21/h1,6-9H,2-5H2. The van der Waals surface area contributed by atoms with Crippen molar-refractivity contribution < 1.29 is 4.79 Å². The molecule has 1 radical (unpaired) electrons. The highest BCUT2D eigenvalue weighted by molar-refractivity contribution is 7.16. The number of thiazole rings is 1. The van der Waals surface area contributed by atoms with Crippen molar-refractivity contribution in [2.45, 2.75) is 12.8 Å². The van der Waals surface area contributed by atoms with Crippen molar-refractivity contribution in [3.8, 4) is 11.4 Å². The number of hydrogen-bond donors (Lipinski definition) is 0. The summed E-state index contributed by atoms with van der Waals surface area (Å²) in [4.78, 5) is 24.1. The normalized spacial score (nSPS) is 15.3. The number of piperidine rings is 1. The van der Waals surface area contributed by atoms with E-state index in [9.17, 15) is 4.79 Å². The van der Waals surface area contributed by atoms with Gasteiger partial charge in [-0.05, 0) is 19.3 Å². The van der Waals surface area contributed by atoms with E-state index in [0.29, 0.717) is 11.5 Å². The molecule has 0 unspecified atom stereocenters. The number of carbonyl (C=O) groups excluding carboxylic acids is 1. The molecular formula is C15H13ClN5OS. The Morgan fingerprint density at radius 2 is 2.09 bits per heavy atom. The van der Waals surface area contributed by atoms with Crippen LogP contribution >= 0.6 is 22.9 Å². The van der Waals surface area contributed by atoms with Gasteiger partial charge >= 0.3 is 0 Å². The maximum Gasteiger partial charge on any atom is 0.272 e. The van der Waals surface area contributed by atoms with E-state index >= 15 is 0 Å². The van der Waals surface area contributed by atoms with Gasteiger partial charge in [-0.1, -0.05) is 11.6 Å². The van der Waals surface area contributed by atoms with Gasteiger partial charge in [-0.25, -0.2) is 14.5 Å². The molecule has 1 aliphatic rings. The average Bonchev–Trinajstić information content (AvgIpc) is 3.17. The van der Waals surface area contributed by atoms with Crippen LogP contribution in [0.25, 0.3) is 16.2 Å². The van der Waals surface area contributed by atoms with E-state index in [1.54, 1.807) is 26.9 Å². The number of aromatic nitrogens is 4. The molecule has 0 aromatic carbocycles. The van der Waals surface area contributed by atoms with Crippen molar-refractivity contribution in [1.82, 2.24) is 24.5 Å². The molecule has 6 nitrogen and oxygen atoms in total. The number of nitrogens with zero attached hydrogens (tertiary/aromatic N) is 5. The number of carbonyl (C=O) groups is 1. The van der Waals surface area contributed by atoms with Crippen LogP contribution in [0.15, 0.2) is 23.8 Å². The van der Waals surface area contributed by atoms with Gasteiger partial charge in [0.1, 0.15) is 15.7 Å². The van der Waals surface area contributed by atoms with Gasteiger partial charge in [0.25, 0.3) is 5.91 Å². The number of hydrogen-bond acceptors (Lipinski definition) is 5. The largest absolute Gasteiger partial charge is 0.337 e. The molecule has 0 saturated carbocycles. The monoisotopic (exact) mass is 346 g/mol. The van der Waals surface area contributed by atoms with Gasteiger partial charge in [0.05, 0.1) is 11.8 Å². The SMILES string of the molecule is O=C(c1cc(Cl)nc(-c2cnn3ccsc23)n1)N1CC[CH]CC1. The van der Waals surface area contributed by atoms with Crippen LogP contribution in [-0.4, -0.2) is 43.5 Å². The van der Waals surface area contributed by atoms with E-state index in [1.807, 2.05) is 11.6 Å². The van der Waals surface area contributed by atoms with Gasteiger partial charge in [0, 0.05) is 30.7 Å². The summed E-state index contributed by atoms with van der Waals surface area (Å²) in [6, 6.07) is 1.53. The predicted molar refractivity (Wildman–Crippen MR) is 88.5 cm³/mol. The lowest BCUT2D eigenvalue weighted by atomic mass is 10.1. The highest BCUT2D eigenvalue weighted by Crippen LogP contribution is 2.26. The molecule has 1 amide bonds. The van der Waals surface area contributed by atoms with E-state index in [4.69, 9.17) is 11.6 Å². The van der Waals surface area contributed by atoms with Crippen LogP contribution in [-0.2, 0) is 0 Å². The zero-order valence-electron chi connectivity index (χ0n) is 12.1. The Bertz CT molecular complexity index is 868. The van der Waals surface area contributed by atoms with E-state index in [1.165, 1.54) is 6.07 Å². The molecule has 4 heterocycles. The molecule has 0 aliphatic carbocycles. The first-order chi connectivity index (χ1) is 11.2. The van der Waals surface area contributed by atoms with E-state index in [0.717, 1.165) is 36.3 Å². The molecule has 4 rings (SSSR count). The van der Waals surface area contributed by atoms with Gasteiger partial charge in [-0.3, -0.25) is 4.79 Å². The van der Waals surface area contributed by atoms with Gasteiger partial charge in [-0.15, -0.1) is 11.3 Å². The topological polar surface area (TPSA) is 63.4 Å². The Kier molecular flexibility index (Phi) is 3.74. The second kappa shape index (κ2) is 5.90. The molecular weight excluding hydrogens is 334 g/mol. The van der Waals surface area contributed by atoms with Crippen molar-refractivity contribution in [2.24, 2.45) is 0 Å². The molecule has 0 atom stereocenters. The lowest BCUT2D eigenvalue weighted by molar-refractivity contribution is 0.0736. The third-order valence-electron chi connectivity index (χ3n) is 3.78. The van der Waals surface area contributed by atoms with E-state index in [2.05, 4.69) is 21.5 Å². The Balaban J connectivity index is 1.73. The fourth-order valence-corrected chi connectivity index (χ4v) is 3.62. The summed E-state index contributed by atoms with van der Waals surface area (Å²) in [7, 11) is 0. The third-order valence-corrected chi connectivity index (χ3v) is 4.86. The minimum absolute atomic E-state index is 0.0989. The highest BCUT2D eigenvalue weighted by atomic mass is 35.5. The highest BCUT2D eigenvalue weighted by Gasteiger charge is 2.22. The van der Waals surface area contributed by atoms with Crippen LogP contribution in [0.1, 0.15) is 23.3 Å². The first-order valence-corrected chi connectivity index (χ1v) is 8.55. The van der Waals surface area contributed by atoms with Crippen molar-refractivity contribution in [3.63, 3.8) is 0 Å². The quantitative estimate of drug-likeness (QED) is 0.669. The first kappa shape index (κ1) is 14.6. The minimum Gasteiger partial charge on any atom is -0.337 e. The maximum atomic E-state index is 12.6. The predicted octanol–water partition coefficient (Wildman–Crippen LogP) is 2.95. The molecule has 0 bridgehead atoms. The van der Waals surface area contributed by atoms with Crippen LogP contribution in [0, 0.1) is 6.42 Å². The van der Waals surface area contributed by atoms with Crippen molar-refractivity contribution >= 4 is 33.7 Å². The summed E-state index contributed by atoms with van der Waals surface area (Å²) in [6.07, 6.45) is 7.59.